The van der Waals surface area contributed by atoms with Crippen molar-refractivity contribution in [1.29, 1.82) is 0 Å². The summed E-state index contributed by atoms with van der Waals surface area (Å²) < 4.78 is 18.9. The first-order valence-corrected chi connectivity index (χ1v) is 9.09. The van der Waals surface area contributed by atoms with Gasteiger partial charge in [-0.2, -0.15) is 0 Å². The van der Waals surface area contributed by atoms with E-state index in [1.165, 1.54) is 17.0 Å². The topological polar surface area (TPSA) is 58.5 Å². The van der Waals surface area contributed by atoms with Gasteiger partial charge >= 0.3 is 0 Å². The van der Waals surface area contributed by atoms with E-state index < -0.39 is 0 Å². The molecule has 1 heterocycles. The van der Waals surface area contributed by atoms with Gasteiger partial charge in [0, 0.05) is 31.0 Å². The maximum Gasteiger partial charge on any atom is 0.191 e. The van der Waals surface area contributed by atoms with E-state index in [1.807, 2.05) is 20.8 Å². The van der Waals surface area contributed by atoms with Crippen molar-refractivity contribution >= 4 is 41.3 Å². The Labute approximate surface area is 175 Å². The van der Waals surface area contributed by atoms with Crippen LogP contribution in [0.3, 0.4) is 0 Å². The Morgan fingerprint density at radius 2 is 2.12 bits per heavy atom. The van der Waals surface area contributed by atoms with Crippen molar-refractivity contribution in [2.45, 2.75) is 33.3 Å². The van der Waals surface area contributed by atoms with Crippen LogP contribution in [0.15, 0.2) is 29.3 Å². The molecule has 144 valence electrons. The van der Waals surface area contributed by atoms with Crippen LogP contribution in [0.5, 0.6) is 5.75 Å². The second kappa shape index (κ2) is 11.3. The molecule has 0 saturated carbocycles. The third kappa shape index (κ3) is 7.45. The minimum absolute atomic E-state index is 0. The van der Waals surface area contributed by atoms with Gasteiger partial charge in [0.1, 0.15) is 17.7 Å². The predicted octanol–water partition coefficient (Wildman–Crippen LogP) is 3.69. The van der Waals surface area contributed by atoms with Crippen LogP contribution in [0.25, 0.3) is 0 Å². The van der Waals surface area contributed by atoms with Crippen LogP contribution in [-0.4, -0.2) is 37.2 Å². The molecule has 0 spiro atoms. The van der Waals surface area contributed by atoms with Crippen LogP contribution >= 0.6 is 35.3 Å². The molecule has 5 nitrogen and oxygen atoms in total. The smallest absolute Gasteiger partial charge is 0.191 e. The number of benzene rings is 1. The first kappa shape index (κ1) is 22.6. The van der Waals surface area contributed by atoms with E-state index in [4.69, 9.17) is 4.74 Å². The lowest BCUT2D eigenvalue weighted by atomic mass is 10.3. The van der Waals surface area contributed by atoms with Gasteiger partial charge in [-0.15, -0.1) is 35.3 Å². The van der Waals surface area contributed by atoms with Gasteiger partial charge in [-0.1, -0.05) is 6.07 Å². The molecule has 2 rings (SSSR count). The number of aliphatic imine (C=N–C) groups is 1. The highest BCUT2D eigenvalue weighted by atomic mass is 127. The molecule has 26 heavy (non-hydrogen) atoms. The summed E-state index contributed by atoms with van der Waals surface area (Å²) >= 11 is 1.73. The van der Waals surface area contributed by atoms with Gasteiger partial charge in [-0.3, -0.25) is 4.99 Å². The van der Waals surface area contributed by atoms with Gasteiger partial charge in [0.05, 0.1) is 17.2 Å². The largest absolute Gasteiger partial charge is 0.489 e. The lowest BCUT2D eigenvalue weighted by Gasteiger charge is -2.17. The number of rotatable bonds is 7. The number of nitrogens with one attached hydrogen (secondary N) is 2. The monoisotopic (exact) mass is 492 g/mol. The standard InChI is InChI=1S/C18H25FN4OS.HI/c1-12(24-16-7-5-6-15(19)10-16)11-22-18(20-4)21-9-8-17-13(2)23-14(3)25-17;/h5-7,10,12H,8-9,11H2,1-4H3,(H2,20,21,22);1H. The fourth-order valence-electron chi connectivity index (χ4n) is 2.38. The summed E-state index contributed by atoms with van der Waals surface area (Å²) in [6.07, 6.45) is 0.791. The highest BCUT2D eigenvalue weighted by Gasteiger charge is 2.08. The van der Waals surface area contributed by atoms with E-state index in [2.05, 4.69) is 20.6 Å². The van der Waals surface area contributed by atoms with Crippen molar-refractivity contribution in [2.24, 2.45) is 4.99 Å². The fraction of sp³-hybridized carbons (Fsp3) is 0.444. The average Bonchev–Trinajstić information content (AvgIpc) is 2.88. The summed E-state index contributed by atoms with van der Waals surface area (Å²) in [6.45, 7) is 7.33. The van der Waals surface area contributed by atoms with E-state index in [0.29, 0.717) is 18.3 Å². The zero-order valence-electron chi connectivity index (χ0n) is 15.5. The van der Waals surface area contributed by atoms with Crippen LogP contribution < -0.4 is 15.4 Å². The van der Waals surface area contributed by atoms with Crippen LogP contribution in [0.4, 0.5) is 4.39 Å². The average molecular weight is 492 g/mol. The Hall–Kier alpha value is -1.42. The molecular formula is C18H26FIN4OS. The van der Waals surface area contributed by atoms with Crippen LogP contribution in [0.1, 0.15) is 22.5 Å². The molecule has 1 unspecified atom stereocenters. The molecule has 0 amide bonds. The Morgan fingerprint density at radius 3 is 2.73 bits per heavy atom. The molecule has 0 aliphatic carbocycles. The SMILES string of the molecule is CN=C(NCCc1sc(C)nc1C)NCC(C)Oc1cccc(F)c1.I. The van der Waals surface area contributed by atoms with E-state index in [9.17, 15) is 4.39 Å². The molecule has 0 aliphatic heterocycles. The third-order valence-corrected chi connectivity index (χ3v) is 4.69. The van der Waals surface area contributed by atoms with E-state index >= 15 is 0 Å². The van der Waals surface area contributed by atoms with Gasteiger partial charge in [-0.05, 0) is 32.9 Å². The summed E-state index contributed by atoms with van der Waals surface area (Å²) in [5.41, 5.74) is 1.10. The number of guanidine groups is 1. The number of hydrogen-bond donors (Lipinski definition) is 2. The molecule has 1 atom stereocenters. The molecule has 1 aromatic heterocycles. The Balaban J connectivity index is 0.00000338. The van der Waals surface area contributed by atoms with Crippen molar-refractivity contribution in [3.63, 3.8) is 0 Å². The minimum Gasteiger partial charge on any atom is -0.489 e. The normalized spacial score (nSPS) is 12.3. The van der Waals surface area contributed by atoms with Crippen molar-refractivity contribution in [3.05, 3.63) is 45.7 Å². The van der Waals surface area contributed by atoms with Crippen molar-refractivity contribution in [3.8, 4) is 5.75 Å². The molecule has 2 aromatic rings. The van der Waals surface area contributed by atoms with Crippen molar-refractivity contribution in [2.75, 3.05) is 20.1 Å². The molecule has 0 radical (unpaired) electrons. The Morgan fingerprint density at radius 1 is 1.35 bits per heavy atom. The number of nitrogens with zero attached hydrogens (tertiary/aromatic N) is 2. The van der Waals surface area contributed by atoms with Gasteiger partial charge in [0.2, 0.25) is 0 Å². The van der Waals surface area contributed by atoms with E-state index in [1.54, 1.807) is 30.5 Å². The summed E-state index contributed by atoms with van der Waals surface area (Å²) in [5.74, 6) is 0.936. The van der Waals surface area contributed by atoms with Gasteiger partial charge in [-0.25, -0.2) is 9.37 Å². The number of thiazole rings is 1. The van der Waals surface area contributed by atoms with Gasteiger partial charge < -0.3 is 15.4 Å². The summed E-state index contributed by atoms with van der Waals surface area (Å²) in [5, 5.41) is 7.60. The molecule has 0 saturated heterocycles. The quantitative estimate of drug-likeness (QED) is 0.352. The number of aromatic nitrogens is 1. The summed E-state index contributed by atoms with van der Waals surface area (Å²) in [6, 6.07) is 6.15. The maximum absolute atomic E-state index is 13.2. The highest BCUT2D eigenvalue weighted by Crippen LogP contribution is 2.17. The van der Waals surface area contributed by atoms with Crippen molar-refractivity contribution in [1.82, 2.24) is 15.6 Å². The first-order valence-electron chi connectivity index (χ1n) is 8.27. The second-order valence-corrected chi connectivity index (χ2v) is 7.04. The highest BCUT2D eigenvalue weighted by molar-refractivity contribution is 14.0. The third-order valence-electron chi connectivity index (χ3n) is 3.56. The number of aryl methyl sites for hydroxylation is 2. The van der Waals surface area contributed by atoms with Crippen LogP contribution in [0, 0.1) is 19.7 Å². The molecule has 2 N–H and O–H groups in total. The molecule has 1 aromatic carbocycles. The lowest BCUT2D eigenvalue weighted by Crippen LogP contribution is -2.42. The molecule has 0 bridgehead atoms. The van der Waals surface area contributed by atoms with Crippen LogP contribution in [0.2, 0.25) is 0 Å². The number of hydrogen-bond acceptors (Lipinski definition) is 4. The first-order chi connectivity index (χ1) is 12.0. The zero-order valence-corrected chi connectivity index (χ0v) is 18.7. The van der Waals surface area contributed by atoms with Crippen molar-refractivity contribution < 1.29 is 9.13 Å². The summed E-state index contributed by atoms with van der Waals surface area (Å²) in [7, 11) is 1.73. The number of halogens is 2. The fourth-order valence-corrected chi connectivity index (χ4v) is 3.31. The zero-order chi connectivity index (χ0) is 18.2. The molecule has 0 fully saturated rings. The predicted molar refractivity (Wildman–Crippen MR) is 117 cm³/mol. The number of ether oxygens (including phenoxy) is 1. The van der Waals surface area contributed by atoms with Gasteiger partial charge in [0.25, 0.3) is 0 Å². The second-order valence-electron chi connectivity index (χ2n) is 5.76. The maximum atomic E-state index is 13.2. The minimum atomic E-state index is -0.302. The molecular weight excluding hydrogens is 466 g/mol. The lowest BCUT2D eigenvalue weighted by molar-refractivity contribution is 0.223. The molecule has 8 heteroatoms. The van der Waals surface area contributed by atoms with E-state index in [-0.39, 0.29) is 35.9 Å². The Bertz CT molecular complexity index is 723. The molecule has 0 aliphatic rings. The summed E-state index contributed by atoms with van der Waals surface area (Å²) in [4.78, 5) is 9.94. The Kier molecular flexibility index (Phi) is 9.85. The van der Waals surface area contributed by atoms with Gasteiger partial charge in [0.15, 0.2) is 5.96 Å². The van der Waals surface area contributed by atoms with Crippen LogP contribution in [-0.2, 0) is 6.42 Å². The van der Waals surface area contributed by atoms with E-state index in [0.717, 1.165) is 23.7 Å².